The van der Waals surface area contributed by atoms with Crippen LogP contribution in [0.2, 0.25) is 0 Å². The number of hydrogen-bond acceptors (Lipinski definition) is 4. The van der Waals surface area contributed by atoms with E-state index in [2.05, 4.69) is 15.6 Å². The van der Waals surface area contributed by atoms with Crippen LogP contribution in [-0.2, 0) is 6.54 Å². The van der Waals surface area contributed by atoms with Gasteiger partial charge in [0, 0.05) is 30.4 Å². The summed E-state index contributed by atoms with van der Waals surface area (Å²) in [6.07, 6.45) is 5.82. The van der Waals surface area contributed by atoms with Crippen LogP contribution in [0.3, 0.4) is 0 Å². The summed E-state index contributed by atoms with van der Waals surface area (Å²) in [6.45, 7) is 6.85. The standard InChI is InChI=1S/C22H26N4OS/c1-16-6-8-18(9-7-16)23-21(27)20-12-17(2)13-26(20)14-19-15-28-22(24-19)25-10-4-3-5-11-25/h6-9,12-13,15H,3-5,10-11,14H2,1-2H3,(H,23,27). The molecule has 6 heteroatoms. The highest BCUT2D eigenvalue weighted by Gasteiger charge is 2.17. The molecule has 0 atom stereocenters. The van der Waals surface area contributed by atoms with Gasteiger partial charge in [0.15, 0.2) is 5.13 Å². The number of amides is 1. The predicted molar refractivity (Wildman–Crippen MR) is 116 cm³/mol. The molecule has 0 radical (unpaired) electrons. The summed E-state index contributed by atoms with van der Waals surface area (Å²) in [4.78, 5) is 20.0. The SMILES string of the molecule is Cc1ccc(NC(=O)c2cc(C)cn2Cc2csc(N3CCCCC3)n2)cc1. The lowest BCUT2D eigenvalue weighted by Crippen LogP contribution is -2.29. The Balaban J connectivity index is 1.49. The van der Waals surface area contributed by atoms with Crippen LogP contribution >= 0.6 is 11.3 Å². The van der Waals surface area contributed by atoms with Gasteiger partial charge in [-0.05, 0) is 56.9 Å². The second-order valence-corrected chi connectivity index (χ2v) is 8.36. The quantitative estimate of drug-likeness (QED) is 0.673. The Morgan fingerprint density at radius 2 is 1.86 bits per heavy atom. The Morgan fingerprint density at radius 1 is 1.11 bits per heavy atom. The summed E-state index contributed by atoms with van der Waals surface area (Å²) in [7, 11) is 0. The first-order chi connectivity index (χ1) is 13.6. The molecule has 28 heavy (non-hydrogen) atoms. The number of aromatic nitrogens is 2. The van der Waals surface area contributed by atoms with Crippen LogP contribution in [0.25, 0.3) is 0 Å². The molecule has 1 amide bonds. The van der Waals surface area contributed by atoms with E-state index in [4.69, 9.17) is 4.98 Å². The van der Waals surface area contributed by atoms with Gasteiger partial charge in [-0.3, -0.25) is 4.79 Å². The molecule has 0 spiro atoms. The Kier molecular flexibility index (Phi) is 5.48. The number of thiazole rings is 1. The monoisotopic (exact) mass is 394 g/mol. The van der Waals surface area contributed by atoms with Gasteiger partial charge in [0.25, 0.3) is 5.91 Å². The summed E-state index contributed by atoms with van der Waals surface area (Å²) in [5.74, 6) is -0.0940. The molecular weight excluding hydrogens is 368 g/mol. The van der Waals surface area contributed by atoms with Crippen molar-refractivity contribution >= 4 is 28.1 Å². The zero-order valence-corrected chi connectivity index (χ0v) is 17.3. The van der Waals surface area contributed by atoms with Crippen molar-refractivity contribution in [2.45, 2.75) is 39.7 Å². The summed E-state index contributed by atoms with van der Waals surface area (Å²) in [5.41, 5.74) is 4.71. The highest BCUT2D eigenvalue weighted by atomic mass is 32.1. The second-order valence-electron chi connectivity index (χ2n) is 7.52. The molecule has 4 rings (SSSR count). The molecule has 0 saturated carbocycles. The van der Waals surface area contributed by atoms with E-state index >= 15 is 0 Å². The molecule has 1 aliphatic rings. The van der Waals surface area contributed by atoms with Crippen LogP contribution in [0.1, 0.15) is 46.6 Å². The van der Waals surface area contributed by atoms with Crippen molar-refractivity contribution in [3.63, 3.8) is 0 Å². The van der Waals surface area contributed by atoms with Crippen LogP contribution < -0.4 is 10.2 Å². The number of piperidine rings is 1. The number of rotatable bonds is 5. The van der Waals surface area contributed by atoms with Crippen molar-refractivity contribution in [3.8, 4) is 0 Å². The molecule has 1 saturated heterocycles. The number of nitrogens with zero attached hydrogens (tertiary/aromatic N) is 3. The van der Waals surface area contributed by atoms with Gasteiger partial charge in [-0.2, -0.15) is 0 Å². The van der Waals surface area contributed by atoms with E-state index in [9.17, 15) is 4.79 Å². The van der Waals surface area contributed by atoms with Gasteiger partial charge >= 0.3 is 0 Å². The number of nitrogens with one attached hydrogen (secondary N) is 1. The van der Waals surface area contributed by atoms with E-state index in [1.54, 1.807) is 11.3 Å². The van der Waals surface area contributed by atoms with Crippen LogP contribution in [-0.4, -0.2) is 28.5 Å². The first-order valence-corrected chi connectivity index (χ1v) is 10.7. The minimum Gasteiger partial charge on any atom is -0.348 e. The fraction of sp³-hybridized carbons (Fsp3) is 0.364. The third-order valence-electron chi connectivity index (χ3n) is 5.07. The van der Waals surface area contributed by atoms with E-state index in [-0.39, 0.29) is 5.91 Å². The summed E-state index contributed by atoms with van der Waals surface area (Å²) < 4.78 is 1.99. The minimum absolute atomic E-state index is 0.0940. The predicted octanol–water partition coefficient (Wildman–Crippen LogP) is 4.85. The van der Waals surface area contributed by atoms with E-state index in [1.807, 2.05) is 54.9 Å². The first-order valence-electron chi connectivity index (χ1n) is 9.82. The smallest absolute Gasteiger partial charge is 0.272 e. The van der Waals surface area contributed by atoms with Gasteiger partial charge in [0.05, 0.1) is 12.2 Å². The van der Waals surface area contributed by atoms with E-state index in [1.165, 1.54) is 24.8 Å². The lowest BCUT2D eigenvalue weighted by Gasteiger charge is -2.25. The molecule has 3 aromatic rings. The number of anilines is 2. The number of benzene rings is 1. The fourth-order valence-electron chi connectivity index (χ4n) is 3.58. The maximum atomic E-state index is 12.8. The van der Waals surface area contributed by atoms with Crippen LogP contribution in [0.5, 0.6) is 0 Å². The van der Waals surface area contributed by atoms with Crippen molar-refractivity contribution in [1.82, 2.24) is 9.55 Å². The molecular formula is C22H26N4OS. The minimum atomic E-state index is -0.0940. The molecule has 1 N–H and O–H groups in total. The van der Waals surface area contributed by atoms with E-state index < -0.39 is 0 Å². The molecule has 3 heterocycles. The van der Waals surface area contributed by atoms with Crippen molar-refractivity contribution in [2.75, 3.05) is 23.3 Å². The highest BCUT2D eigenvalue weighted by molar-refractivity contribution is 7.13. The molecule has 1 aromatic carbocycles. The molecule has 5 nitrogen and oxygen atoms in total. The normalized spacial score (nSPS) is 14.3. The average Bonchev–Trinajstić information content (AvgIpc) is 3.31. The zero-order valence-electron chi connectivity index (χ0n) is 16.4. The number of carbonyl (C=O) groups is 1. The molecule has 0 aliphatic carbocycles. The van der Waals surface area contributed by atoms with Crippen LogP contribution in [0.4, 0.5) is 10.8 Å². The Labute approximate surface area is 170 Å². The Bertz CT molecular complexity index is 951. The van der Waals surface area contributed by atoms with Crippen molar-refractivity contribution in [1.29, 1.82) is 0 Å². The number of carbonyl (C=O) groups excluding carboxylic acids is 1. The molecule has 1 fully saturated rings. The summed E-state index contributed by atoms with van der Waals surface area (Å²) in [5, 5.41) is 6.21. The molecule has 0 unspecified atom stereocenters. The average molecular weight is 395 g/mol. The maximum absolute atomic E-state index is 12.8. The summed E-state index contributed by atoms with van der Waals surface area (Å²) >= 11 is 1.70. The van der Waals surface area contributed by atoms with Gasteiger partial charge in [0.2, 0.25) is 0 Å². The zero-order chi connectivity index (χ0) is 19.5. The molecule has 146 valence electrons. The van der Waals surface area contributed by atoms with E-state index in [0.29, 0.717) is 12.2 Å². The van der Waals surface area contributed by atoms with Gasteiger partial charge in [-0.1, -0.05) is 17.7 Å². The topological polar surface area (TPSA) is 50.2 Å². The lowest BCUT2D eigenvalue weighted by atomic mass is 10.1. The third-order valence-corrected chi connectivity index (χ3v) is 6.02. The molecule has 0 bridgehead atoms. The van der Waals surface area contributed by atoms with Gasteiger partial charge in [0.1, 0.15) is 5.69 Å². The molecule has 2 aromatic heterocycles. The third kappa shape index (κ3) is 4.28. The highest BCUT2D eigenvalue weighted by Crippen LogP contribution is 2.25. The number of hydrogen-bond donors (Lipinski definition) is 1. The fourth-order valence-corrected chi connectivity index (χ4v) is 4.45. The largest absolute Gasteiger partial charge is 0.348 e. The second kappa shape index (κ2) is 8.19. The Morgan fingerprint density at radius 3 is 2.61 bits per heavy atom. The van der Waals surface area contributed by atoms with Crippen LogP contribution in [0, 0.1) is 13.8 Å². The van der Waals surface area contributed by atoms with Crippen LogP contribution in [0.15, 0.2) is 41.9 Å². The number of aryl methyl sites for hydroxylation is 2. The van der Waals surface area contributed by atoms with Crippen molar-refractivity contribution in [3.05, 3.63) is 64.4 Å². The lowest BCUT2D eigenvalue weighted by molar-refractivity contribution is 0.101. The van der Waals surface area contributed by atoms with E-state index in [0.717, 1.165) is 35.2 Å². The van der Waals surface area contributed by atoms with Gasteiger partial charge in [-0.15, -0.1) is 11.3 Å². The first kappa shape index (κ1) is 18.7. The van der Waals surface area contributed by atoms with Gasteiger partial charge in [-0.25, -0.2) is 4.98 Å². The summed E-state index contributed by atoms with van der Waals surface area (Å²) in [6, 6.07) is 9.79. The van der Waals surface area contributed by atoms with Crippen molar-refractivity contribution < 1.29 is 4.79 Å². The Hall–Kier alpha value is -2.60. The van der Waals surface area contributed by atoms with Crippen molar-refractivity contribution in [2.24, 2.45) is 0 Å². The molecule has 1 aliphatic heterocycles. The van der Waals surface area contributed by atoms with Gasteiger partial charge < -0.3 is 14.8 Å². The maximum Gasteiger partial charge on any atom is 0.272 e.